The normalized spacial score (nSPS) is 23.9. The third-order valence-electron chi connectivity index (χ3n) is 5.68. The van der Waals surface area contributed by atoms with Gasteiger partial charge in [0.1, 0.15) is 0 Å². The van der Waals surface area contributed by atoms with Crippen molar-refractivity contribution < 1.29 is 13.2 Å². The van der Waals surface area contributed by atoms with Crippen molar-refractivity contribution >= 4 is 10.0 Å². The third kappa shape index (κ3) is 4.68. The zero-order chi connectivity index (χ0) is 18.8. The molecule has 1 saturated carbocycles. The first-order valence-corrected chi connectivity index (χ1v) is 11.5. The highest BCUT2D eigenvalue weighted by Crippen LogP contribution is 2.28. The van der Waals surface area contributed by atoms with Gasteiger partial charge in [-0.3, -0.25) is 0 Å². The van der Waals surface area contributed by atoms with Crippen molar-refractivity contribution in [1.29, 1.82) is 0 Å². The van der Waals surface area contributed by atoms with E-state index in [1.165, 1.54) is 25.7 Å². The molecule has 4 nitrogen and oxygen atoms in total. The topological polar surface area (TPSA) is 46.6 Å². The van der Waals surface area contributed by atoms with Crippen molar-refractivity contribution in [3.8, 4) is 0 Å². The molecule has 0 spiro atoms. The molecule has 0 radical (unpaired) electrons. The smallest absolute Gasteiger partial charge is 0.243 e. The highest BCUT2D eigenvalue weighted by molar-refractivity contribution is 7.89. The molecule has 1 aliphatic carbocycles. The number of benzene rings is 1. The third-order valence-corrected chi connectivity index (χ3v) is 7.59. The van der Waals surface area contributed by atoms with Crippen LogP contribution in [0.4, 0.5) is 0 Å². The molecular formula is C21H33NO3S. The fraction of sp³-hybridized carbons (Fsp3) is 0.714. The van der Waals surface area contributed by atoms with Crippen molar-refractivity contribution in [2.24, 2.45) is 0 Å². The van der Waals surface area contributed by atoms with Gasteiger partial charge in [-0.05, 0) is 55.2 Å². The minimum Gasteiger partial charge on any atom is -0.375 e. The summed E-state index contributed by atoms with van der Waals surface area (Å²) < 4.78 is 34.0. The van der Waals surface area contributed by atoms with Gasteiger partial charge < -0.3 is 4.74 Å². The Morgan fingerprint density at radius 1 is 0.885 bits per heavy atom. The summed E-state index contributed by atoms with van der Waals surface area (Å²) in [5.41, 5.74) is 1.17. The van der Waals surface area contributed by atoms with Crippen LogP contribution < -0.4 is 0 Å². The van der Waals surface area contributed by atoms with Crippen LogP contribution in [0.15, 0.2) is 29.2 Å². The molecule has 0 aromatic heterocycles. The van der Waals surface area contributed by atoms with Gasteiger partial charge in [-0.15, -0.1) is 0 Å². The van der Waals surface area contributed by atoms with E-state index in [-0.39, 0.29) is 11.5 Å². The molecule has 5 heteroatoms. The summed E-state index contributed by atoms with van der Waals surface area (Å²) in [4.78, 5) is 0.403. The highest BCUT2D eigenvalue weighted by atomic mass is 32.2. The molecule has 0 amide bonds. The van der Waals surface area contributed by atoms with Crippen LogP contribution in [0.1, 0.15) is 71.3 Å². The van der Waals surface area contributed by atoms with Gasteiger partial charge >= 0.3 is 0 Å². The van der Waals surface area contributed by atoms with Gasteiger partial charge in [0, 0.05) is 13.1 Å². The molecule has 1 saturated heterocycles. The molecule has 1 atom stereocenters. The molecule has 0 N–H and O–H groups in total. The predicted octanol–water partition coefficient (Wildman–Crippen LogP) is 4.49. The van der Waals surface area contributed by atoms with Crippen molar-refractivity contribution in [1.82, 2.24) is 4.31 Å². The van der Waals surface area contributed by atoms with Crippen LogP contribution in [-0.4, -0.2) is 38.0 Å². The molecule has 0 bridgehead atoms. The van der Waals surface area contributed by atoms with Crippen LogP contribution in [0, 0.1) is 0 Å². The summed E-state index contributed by atoms with van der Waals surface area (Å²) in [6.45, 7) is 7.55. The zero-order valence-corrected chi connectivity index (χ0v) is 17.2. The van der Waals surface area contributed by atoms with Gasteiger partial charge in [0.25, 0.3) is 0 Å². The number of ether oxygens (including phenoxy) is 1. The van der Waals surface area contributed by atoms with E-state index < -0.39 is 10.0 Å². The van der Waals surface area contributed by atoms with E-state index in [2.05, 4.69) is 20.8 Å². The second-order valence-electron chi connectivity index (χ2n) is 8.77. The maximum Gasteiger partial charge on any atom is 0.243 e. The lowest BCUT2D eigenvalue weighted by Gasteiger charge is -2.23. The quantitative estimate of drug-likeness (QED) is 0.774. The summed E-state index contributed by atoms with van der Waals surface area (Å²) in [6.07, 6.45) is 8.11. The summed E-state index contributed by atoms with van der Waals surface area (Å²) in [5, 5.41) is 0. The Balaban J connectivity index is 1.65. The van der Waals surface area contributed by atoms with Crippen molar-refractivity contribution in [2.45, 2.75) is 88.2 Å². The molecule has 1 heterocycles. The van der Waals surface area contributed by atoms with E-state index in [0.717, 1.165) is 24.8 Å². The number of rotatable bonds is 4. The standard InChI is InChI=1S/C21H33NO3S/c1-21(2,3)17-10-12-20(13-11-17)26(23,24)22-15-6-9-19(14-16-22)25-18-7-4-5-8-18/h10-13,18-19H,4-9,14-16H2,1-3H3. The molecule has 1 aliphatic heterocycles. The average molecular weight is 380 g/mol. The SMILES string of the molecule is CC(C)(C)c1ccc(S(=O)(=O)N2CCCC(OC3CCCC3)CC2)cc1. The Bertz CT molecular complexity index is 685. The van der Waals surface area contributed by atoms with Crippen molar-refractivity contribution in [3.05, 3.63) is 29.8 Å². The predicted molar refractivity (Wildman–Crippen MR) is 105 cm³/mol. The van der Waals surface area contributed by atoms with Gasteiger partial charge in [0.2, 0.25) is 10.0 Å². The van der Waals surface area contributed by atoms with E-state index in [0.29, 0.717) is 24.1 Å². The Morgan fingerprint density at radius 2 is 1.46 bits per heavy atom. The van der Waals surface area contributed by atoms with E-state index in [1.54, 1.807) is 16.4 Å². The molecular weight excluding hydrogens is 346 g/mol. The average Bonchev–Trinajstić information content (AvgIpc) is 2.98. The summed E-state index contributed by atoms with van der Waals surface area (Å²) in [7, 11) is -3.42. The van der Waals surface area contributed by atoms with Crippen LogP contribution in [0.5, 0.6) is 0 Å². The van der Waals surface area contributed by atoms with Crippen LogP contribution in [-0.2, 0) is 20.2 Å². The van der Waals surface area contributed by atoms with Gasteiger partial charge in [-0.2, -0.15) is 4.31 Å². The van der Waals surface area contributed by atoms with Crippen LogP contribution in [0.3, 0.4) is 0 Å². The first-order chi connectivity index (χ1) is 12.3. The van der Waals surface area contributed by atoms with Crippen LogP contribution in [0.25, 0.3) is 0 Å². The number of hydrogen-bond acceptors (Lipinski definition) is 3. The lowest BCUT2D eigenvalue weighted by Crippen LogP contribution is -2.32. The minimum atomic E-state index is -3.42. The lowest BCUT2D eigenvalue weighted by molar-refractivity contribution is -0.0140. The largest absolute Gasteiger partial charge is 0.375 e. The number of hydrogen-bond donors (Lipinski definition) is 0. The number of sulfonamides is 1. The monoisotopic (exact) mass is 379 g/mol. The van der Waals surface area contributed by atoms with Crippen molar-refractivity contribution in [2.75, 3.05) is 13.1 Å². The maximum absolute atomic E-state index is 13.0. The lowest BCUT2D eigenvalue weighted by atomic mass is 9.87. The molecule has 3 rings (SSSR count). The van der Waals surface area contributed by atoms with E-state index in [4.69, 9.17) is 4.74 Å². The van der Waals surface area contributed by atoms with Gasteiger partial charge in [-0.25, -0.2) is 8.42 Å². The summed E-state index contributed by atoms with van der Waals surface area (Å²) in [6, 6.07) is 7.40. The Labute approximate surface area is 159 Å². The Hall–Kier alpha value is -0.910. The molecule has 1 aromatic rings. The van der Waals surface area contributed by atoms with E-state index in [9.17, 15) is 8.42 Å². The van der Waals surface area contributed by atoms with Gasteiger partial charge in [0.15, 0.2) is 0 Å². The van der Waals surface area contributed by atoms with E-state index in [1.807, 2.05) is 12.1 Å². The minimum absolute atomic E-state index is 0.0235. The van der Waals surface area contributed by atoms with E-state index >= 15 is 0 Å². The van der Waals surface area contributed by atoms with Gasteiger partial charge in [-0.1, -0.05) is 45.7 Å². The second-order valence-corrected chi connectivity index (χ2v) is 10.7. The van der Waals surface area contributed by atoms with Crippen molar-refractivity contribution in [3.63, 3.8) is 0 Å². The molecule has 2 fully saturated rings. The molecule has 1 unspecified atom stereocenters. The Kier molecular flexibility index (Phi) is 6.10. The molecule has 26 heavy (non-hydrogen) atoms. The fourth-order valence-electron chi connectivity index (χ4n) is 3.99. The Morgan fingerprint density at radius 3 is 2.08 bits per heavy atom. The second kappa shape index (κ2) is 7.99. The highest BCUT2D eigenvalue weighted by Gasteiger charge is 2.29. The summed E-state index contributed by atoms with van der Waals surface area (Å²) >= 11 is 0. The van der Waals surface area contributed by atoms with Gasteiger partial charge in [0.05, 0.1) is 17.1 Å². The molecule has 1 aromatic carbocycles. The zero-order valence-electron chi connectivity index (χ0n) is 16.4. The molecule has 146 valence electrons. The first-order valence-electron chi connectivity index (χ1n) is 10.0. The maximum atomic E-state index is 13.0. The number of nitrogens with zero attached hydrogens (tertiary/aromatic N) is 1. The fourth-order valence-corrected chi connectivity index (χ4v) is 5.48. The first kappa shape index (κ1) is 19.8. The summed E-state index contributed by atoms with van der Waals surface area (Å²) in [5.74, 6) is 0. The van der Waals surface area contributed by atoms with Crippen LogP contribution >= 0.6 is 0 Å². The molecule has 2 aliphatic rings. The van der Waals surface area contributed by atoms with Crippen LogP contribution in [0.2, 0.25) is 0 Å².